The number of aromatic nitrogens is 2. The van der Waals surface area contributed by atoms with E-state index in [1.165, 1.54) is 21.2 Å². The topological polar surface area (TPSA) is 121 Å². The number of nitrogen functional groups attached to an aromatic ring is 1. The second-order valence-corrected chi connectivity index (χ2v) is 8.97. The van der Waals surface area contributed by atoms with E-state index in [0.29, 0.717) is 31.7 Å². The van der Waals surface area contributed by atoms with E-state index in [4.69, 9.17) is 5.73 Å². The van der Waals surface area contributed by atoms with Crippen LogP contribution in [0.5, 0.6) is 0 Å². The van der Waals surface area contributed by atoms with Crippen LogP contribution < -0.4 is 26.8 Å². The fourth-order valence-corrected chi connectivity index (χ4v) is 4.73. The van der Waals surface area contributed by atoms with E-state index in [9.17, 15) is 19.2 Å². The molecule has 1 aromatic carbocycles. The average molecular weight is 474 g/mol. The quantitative estimate of drug-likeness (QED) is 0.547. The summed E-state index contributed by atoms with van der Waals surface area (Å²) in [6.07, 6.45) is 3.07. The Balaban J connectivity index is 1.88. The number of nitrogens with two attached hydrogens (primary N) is 1. The molecular weight excluding hydrogens is 442 g/mol. The molecule has 1 aliphatic heterocycles. The minimum atomic E-state index is -0.675. The zero-order chi connectivity index (χ0) is 24.0. The van der Waals surface area contributed by atoms with Gasteiger partial charge in [0.05, 0.1) is 11.4 Å². The van der Waals surface area contributed by atoms with E-state index in [1.807, 2.05) is 38.1 Å². The summed E-state index contributed by atoms with van der Waals surface area (Å²) < 4.78 is 1.31. The van der Waals surface area contributed by atoms with Gasteiger partial charge in [0.15, 0.2) is 5.69 Å². The normalized spacial score (nSPS) is 13.2. The van der Waals surface area contributed by atoms with E-state index in [-0.39, 0.29) is 36.3 Å². The number of H-pyrrole nitrogens is 1. The summed E-state index contributed by atoms with van der Waals surface area (Å²) in [5, 5.41) is 0. The first kappa shape index (κ1) is 24.6. The zero-order valence-electron chi connectivity index (χ0n) is 19.1. The fourth-order valence-electron chi connectivity index (χ4n) is 3.80. The number of nitrogens with zero attached hydrogens (tertiary/aromatic N) is 3. The van der Waals surface area contributed by atoms with Gasteiger partial charge in [-0.3, -0.25) is 23.9 Å². The number of nitrogens with one attached hydrogen (secondary N) is 1. The molecule has 1 aliphatic rings. The van der Waals surface area contributed by atoms with Crippen LogP contribution in [-0.2, 0) is 16.1 Å². The molecule has 0 unspecified atom stereocenters. The number of unbranched alkanes of at least 4 members (excludes halogenated alkanes) is 2. The van der Waals surface area contributed by atoms with Gasteiger partial charge in [-0.15, -0.1) is 11.8 Å². The van der Waals surface area contributed by atoms with Crippen molar-refractivity contribution in [3.05, 3.63) is 45.1 Å². The Morgan fingerprint density at radius 3 is 2.58 bits per heavy atom. The van der Waals surface area contributed by atoms with Crippen molar-refractivity contribution < 1.29 is 9.59 Å². The molecule has 0 fully saturated rings. The third-order valence-electron chi connectivity index (χ3n) is 5.61. The largest absolute Gasteiger partial charge is 0.383 e. The van der Waals surface area contributed by atoms with Crippen molar-refractivity contribution >= 4 is 40.8 Å². The van der Waals surface area contributed by atoms with Gasteiger partial charge in [-0.05, 0) is 25.0 Å². The summed E-state index contributed by atoms with van der Waals surface area (Å²) in [4.78, 5) is 57.1. The Morgan fingerprint density at radius 1 is 1.12 bits per heavy atom. The summed E-state index contributed by atoms with van der Waals surface area (Å²) in [7, 11) is 0. The smallest absolute Gasteiger partial charge is 0.330 e. The molecule has 9 nitrogen and oxygen atoms in total. The molecular formula is C23H31N5O4S. The molecule has 3 rings (SSSR count). The molecule has 0 aliphatic carbocycles. The highest BCUT2D eigenvalue weighted by atomic mass is 32.2. The van der Waals surface area contributed by atoms with Gasteiger partial charge in [0.1, 0.15) is 5.82 Å². The van der Waals surface area contributed by atoms with E-state index in [1.54, 1.807) is 4.90 Å². The van der Waals surface area contributed by atoms with Crippen molar-refractivity contribution in [3.8, 4) is 0 Å². The molecule has 3 N–H and O–H groups in total. The van der Waals surface area contributed by atoms with Gasteiger partial charge in [-0.25, -0.2) is 4.79 Å². The number of anilines is 3. The Bertz CT molecular complexity index is 1130. The van der Waals surface area contributed by atoms with Gasteiger partial charge in [-0.2, -0.15) is 0 Å². The maximum Gasteiger partial charge on any atom is 0.330 e. The molecule has 2 aromatic rings. The van der Waals surface area contributed by atoms with Gasteiger partial charge in [0, 0.05) is 31.0 Å². The minimum absolute atomic E-state index is 0.00236. The monoisotopic (exact) mass is 473 g/mol. The number of fused-ring (bicyclic) bond motifs is 1. The Hall–Kier alpha value is -3.01. The summed E-state index contributed by atoms with van der Waals surface area (Å²) in [6.45, 7) is 4.83. The molecule has 1 aromatic heterocycles. The summed E-state index contributed by atoms with van der Waals surface area (Å²) in [5.41, 5.74) is 5.78. The number of thioether (sulfide) groups is 1. The first-order chi connectivity index (χ1) is 15.9. The second kappa shape index (κ2) is 11.2. The van der Waals surface area contributed by atoms with Crippen LogP contribution >= 0.6 is 11.8 Å². The van der Waals surface area contributed by atoms with Crippen molar-refractivity contribution in [1.29, 1.82) is 0 Å². The summed E-state index contributed by atoms with van der Waals surface area (Å²) >= 11 is 1.48. The van der Waals surface area contributed by atoms with Gasteiger partial charge in [-0.1, -0.05) is 38.8 Å². The number of carbonyl (C=O) groups is 2. The lowest BCUT2D eigenvalue weighted by atomic mass is 10.2. The molecule has 0 spiro atoms. The second-order valence-electron chi connectivity index (χ2n) is 7.95. The van der Waals surface area contributed by atoms with E-state index in [0.717, 1.165) is 23.4 Å². The Kier molecular flexibility index (Phi) is 8.37. The average Bonchev–Trinajstić information content (AvgIpc) is 2.80. The number of rotatable bonds is 10. The lowest BCUT2D eigenvalue weighted by Gasteiger charge is -2.30. The molecule has 2 amide bonds. The molecule has 0 saturated heterocycles. The standard InChI is InChI=1S/C23H31N5O4S/c1-3-5-12-27(20-21(24)28(13-6-4-2)23(32)25-22(20)31)18(29)11-14-26-16-9-7-8-10-17(16)33-15-19(26)30/h7-10H,3-6,11-15,24H2,1-2H3,(H,25,31,32). The van der Waals surface area contributed by atoms with Crippen molar-refractivity contribution in [1.82, 2.24) is 9.55 Å². The Morgan fingerprint density at radius 2 is 1.85 bits per heavy atom. The predicted octanol–water partition coefficient (Wildman–Crippen LogP) is 2.58. The molecule has 10 heteroatoms. The van der Waals surface area contributed by atoms with Crippen molar-refractivity contribution in [2.75, 3.05) is 34.4 Å². The van der Waals surface area contributed by atoms with E-state index < -0.39 is 11.2 Å². The SMILES string of the molecule is CCCCN(C(=O)CCN1C(=O)CSc2ccccc21)c1c(N)n(CCCC)c(=O)[nH]c1=O. The number of aromatic amines is 1. The molecule has 0 bridgehead atoms. The lowest BCUT2D eigenvalue weighted by Crippen LogP contribution is -2.43. The molecule has 0 atom stereocenters. The molecule has 178 valence electrons. The van der Waals surface area contributed by atoms with Crippen molar-refractivity contribution in [2.45, 2.75) is 57.4 Å². The van der Waals surface area contributed by atoms with Crippen LogP contribution in [0.2, 0.25) is 0 Å². The first-order valence-corrected chi connectivity index (χ1v) is 12.3. The molecule has 33 heavy (non-hydrogen) atoms. The van der Waals surface area contributed by atoms with Crippen molar-refractivity contribution in [2.24, 2.45) is 0 Å². The number of carbonyl (C=O) groups excluding carboxylic acids is 2. The van der Waals surface area contributed by atoms with Gasteiger partial charge in [0.2, 0.25) is 11.8 Å². The predicted molar refractivity (Wildman–Crippen MR) is 132 cm³/mol. The van der Waals surface area contributed by atoms with Gasteiger partial charge in [0.25, 0.3) is 5.56 Å². The highest BCUT2D eigenvalue weighted by Gasteiger charge is 2.28. The number of hydrogen-bond acceptors (Lipinski definition) is 6. The number of hydrogen-bond donors (Lipinski definition) is 2. The fraction of sp³-hybridized carbons (Fsp3) is 0.478. The zero-order valence-corrected chi connectivity index (χ0v) is 20.0. The van der Waals surface area contributed by atoms with Gasteiger partial charge < -0.3 is 15.5 Å². The maximum atomic E-state index is 13.3. The Labute approximate surface area is 197 Å². The third-order valence-corrected chi connectivity index (χ3v) is 6.66. The number of benzene rings is 1. The van der Waals surface area contributed by atoms with Crippen LogP contribution in [-0.4, -0.2) is 40.2 Å². The van der Waals surface area contributed by atoms with Gasteiger partial charge >= 0.3 is 5.69 Å². The third kappa shape index (κ3) is 5.50. The van der Waals surface area contributed by atoms with E-state index in [2.05, 4.69) is 4.98 Å². The summed E-state index contributed by atoms with van der Waals surface area (Å²) in [6, 6.07) is 7.60. The van der Waals surface area contributed by atoms with Crippen LogP contribution in [0.4, 0.5) is 17.2 Å². The summed E-state index contributed by atoms with van der Waals surface area (Å²) in [5.74, 6) is -0.0564. The molecule has 0 radical (unpaired) electrons. The maximum absolute atomic E-state index is 13.3. The highest BCUT2D eigenvalue weighted by Crippen LogP contribution is 2.35. The molecule has 0 saturated carbocycles. The lowest BCUT2D eigenvalue weighted by molar-refractivity contribution is -0.118. The minimum Gasteiger partial charge on any atom is -0.383 e. The van der Waals surface area contributed by atoms with Crippen LogP contribution in [0.25, 0.3) is 0 Å². The first-order valence-electron chi connectivity index (χ1n) is 11.3. The number of para-hydroxylation sites is 1. The van der Waals surface area contributed by atoms with Crippen LogP contribution in [0.1, 0.15) is 46.0 Å². The van der Waals surface area contributed by atoms with Crippen LogP contribution in [0.15, 0.2) is 38.8 Å². The molecule has 2 heterocycles. The van der Waals surface area contributed by atoms with Crippen LogP contribution in [0.3, 0.4) is 0 Å². The van der Waals surface area contributed by atoms with Crippen molar-refractivity contribution in [3.63, 3.8) is 0 Å². The highest BCUT2D eigenvalue weighted by molar-refractivity contribution is 8.00. The van der Waals surface area contributed by atoms with Crippen LogP contribution in [0, 0.1) is 0 Å². The number of amides is 2. The van der Waals surface area contributed by atoms with E-state index >= 15 is 0 Å².